The van der Waals surface area contributed by atoms with Crippen molar-refractivity contribution in [1.29, 1.82) is 0 Å². The Labute approximate surface area is 163 Å². The highest BCUT2D eigenvalue weighted by molar-refractivity contribution is 6.10. The number of ketones is 1. The standard InChI is InChI=1S/C22H23N3O3/c1-16-22(21(26)15-23-13-5-2-6-14-23)19-7-3-4-8-20(19)24(16)17-9-11-18(12-10-17)25(27)28/h3-4,7-12H,2,5-6,13-15H2,1H3. The van der Waals surface area contributed by atoms with Crippen LogP contribution >= 0.6 is 0 Å². The van der Waals surface area contributed by atoms with Crippen LogP contribution in [0.1, 0.15) is 35.3 Å². The number of nitrogens with zero attached hydrogens (tertiary/aromatic N) is 3. The normalized spacial score (nSPS) is 15.0. The fourth-order valence-corrected chi connectivity index (χ4v) is 4.18. The van der Waals surface area contributed by atoms with Gasteiger partial charge >= 0.3 is 0 Å². The van der Waals surface area contributed by atoms with Gasteiger partial charge in [-0.2, -0.15) is 0 Å². The minimum Gasteiger partial charge on any atom is -0.313 e. The lowest BCUT2D eigenvalue weighted by atomic mass is 10.0. The fourth-order valence-electron chi connectivity index (χ4n) is 4.18. The summed E-state index contributed by atoms with van der Waals surface area (Å²) < 4.78 is 2.02. The summed E-state index contributed by atoms with van der Waals surface area (Å²) in [5, 5.41) is 11.9. The predicted octanol–water partition coefficient (Wildman–Crippen LogP) is 4.52. The number of fused-ring (bicyclic) bond motifs is 1. The van der Waals surface area contributed by atoms with E-state index < -0.39 is 4.92 Å². The molecule has 0 unspecified atom stereocenters. The molecular weight excluding hydrogens is 354 g/mol. The van der Waals surface area contributed by atoms with Gasteiger partial charge in [0.05, 0.1) is 17.0 Å². The summed E-state index contributed by atoms with van der Waals surface area (Å²) in [4.78, 5) is 26.0. The van der Waals surface area contributed by atoms with Crippen LogP contribution < -0.4 is 0 Å². The van der Waals surface area contributed by atoms with Gasteiger partial charge in [-0.3, -0.25) is 19.8 Å². The summed E-state index contributed by atoms with van der Waals surface area (Å²) in [5.41, 5.74) is 3.43. The number of nitro groups is 1. The number of aromatic nitrogens is 1. The van der Waals surface area contributed by atoms with E-state index in [1.54, 1.807) is 12.1 Å². The Morgan fingerprint density at radius 3 is 2.39 bits per heavy atom. The molecule has 3 aromatic rings. The lowest BCUT2D eigenvalue weighted by molar-refractivity contribution is -0.384. The Hall–Kier alpha value is -2.99. The highest BCUT2D eigenvalue weighted by Crippen LogP contribution is 2.30. The molecule has 2 aromatic carbocycles. The van der Waals surface area contributed by atoms with E-state index in [9.17, 15) is 14.9 Å². The van der Waals surface area contributed by atoms with Gasteiger partial charge in [0.2, 0.25) is 0 Å². The smallest absolute Gasteiger partial charge is 0.269 e. The number of carbonyl (C=O) groups excluding carboxylic acids is 1. The largest absolute Gasteiger partial charge is 0.313 e. The summed E-state index contributed by atoms with van der Waals surface area (Å²) in [7, 11) is 0. The second-order valence-corrected chi connectivity index (χ2v) is 7.35. The molecule has 1 aromatic heterocycles. The molecule has 4 rings (SSSR count). The third-order valence-electron chi connectivity index (χ3n) is 5.52. The molecule has 144 valence electrons. The van der Waals surface area contributed by atoms with Gasteiger partial charge in [-0.1, -0.05) is 24.6 Å². The van der Waals surface area contributed by atoms with Crippen LogP contribution in [0.15, 0.2) is 48.5 Å². The first-order valence-corrected chi connectivity index (χ1v) is 9.66. The van der Waals surface area contributed by atoms with Crippen LogP contribution in [0, 0.1) is 17.0 Å². The Kier molecular flexibility index (Phi) is 4.96. The number of Topliss-reactive ketones (excluding diaryl/α,β-unsaturated/α-hetero) is 1. The number of carbonyl (C=O) groups is 1. The minimum absolute atomic E-state index is 0.0549. The quantitative estimate of drug-likeness (QED) is 0.372. The summed E-state index contributed by atoms with van der Waals surface area (Å²) in [5.74, 6) is 0.135. The van der Waals surface area contributed by atoms with Gasteiger partial charge in [0.15, 0.2) is 5.78 Å². The van der Waals surface area contributed by atoms with E-state index in [0.717, 1.165) is 53.8 Å². The van der Waals surface area contributed by atoms with E-state index in [2.05, 4.69) is 4.90 Å². The molecule has 2 heterocycles. The molecule has 1 aliphatic rings. The molecule has 1 aliphatic heterocycles. The maximum atomic E-state index is 13.2. The third-order valence-corrected chi connectivity index (χ3v) is 5.52. The fraction of sp³-hybridized carbons (Fsp3) is 0.318. The molecule has 28 heavy (non-hydrogen) atoms. The second kappa shape index (κ2) is 7.56. The number of para-hydroxylation sites is 1. The Morgan fingerprint density at radius 2 is 1.71 bits per heavy atom. The predicted molar refractivity (Wildman–Crippen MR) is 109 cm³/mol. The van der Waals surface area contributed by atoms with Crippen LogP contribution in [-0.4, -0.2) is 39.8 Å². The van der Waals surface area contributed by atoms with Gasteiger partial charge in [-0.15, -0.1) is 0 Å². The van der Waals surface area contributed by atoms with Crippen molar-refractivity contribution in [3.05, 3.63) is 69.9 Å². The second-order valence-electron chi connectivity index (χ2n) is 7.35. The molecule has 0 bridgehead atoms. The molecule has 0 N–H and O–H groups in total. The van der Waals surface area contributed by atoms with Gasteiger partial charge in [-0.25, -0.2) is 0 Å². The van der Waals surface area contributed by atoms with Crippen LogP contribution in [0.4, 0.5) is 5.69 Å². The number of hydrogen-bond acceptors (Lipinski definition) is 4. The Balaban J connectivity index is 1.77. The molecular formula is C22H23N3O3. The molecule has 0 spiro atoms. The van der Waals surface area contributed by atoms with Gasteiger partial charge in [0.1, 0.15) is 0 Å². The zero-order valence-electron chi connectivity index (χ0n) is 15.9. The first kappa shape index (κ1) is 18.4. The number of rotatable bonds is 5. The number of piperidine rings is 1. The molecule has 6 heteroatoms. The van der Waals surface area contributed by atoms with Crippen molar-refractivity contribution < 1.29 is 9.72 Å². The van der Waals surface area contributed by atoms with E-state index in [0.29, 0.717) is 6.54 Å². The topological polar surface area (TPSA) is 68.4 Å². The van der Waals surface area contributed by atoms with Crippen molar-refractivity contribution in [2.75, 3.05) is 19.6 Å². The number of non-ortho nitro benzene ring substituents is 1. The number of likely N-dealkylation sites (tertiary alicyclic amines) is 1. The first-order valence-electron chi connectivity index (χ1n) is 9.66. The molecule has 0 amide bonds. The van der Waals surface area contributed by atoms with E-state index in [1.165, 1.54) is 18.6 Å². The Morgan fingerprint density at radius 1 is 1.04 bits per heavy atom. The number of hydrogen-bond donors (Lipinski definition) is 0. The van der Waals surface area contributed by atoms with Crippen LogP contribution in [-0.2, 0) is 0 Å². The summed E-state index contributed by atoms with van der Waals surface area (Å²) in [6.45, 7) is 4.34. The van der Waals surface area contributed by atoms with Crippen molar-refractivity contribution in [2.24, 2.45) is 0 Å². The van der Waals surface area contributed by atoms with Crippen LogP contribution in [0.25, 0.3) is 16.6 Å². The zero-order chi connectivity index (χ0) is 19.7. The minimum atomic E-state index is -0.405. The highest BCUT2D eigenvalue weighted by Gasteiger charge is 2.23. The van der Waals surface area contributed by atoms with E-state index >= 15 is 0 Å². The molecule has 0 radical (unpaired) electrons. The maximum absolute atomic E-state index is 13.2. The van der Waals surface area contributed by atoms with Gasteiger partial charge < -0.3 is 4.57 Å². The van der Waals surface area contributed by atoms with Crippen molar-refractivity contribution in [2.45, 2.75) is 26.2 Å². The third kappa shape index (κ3) is 3.31. The van der Waals surface area contributed by atoms with E-state index in [-0.39, 0.29) is 11.5 Å². The lowest BCUT2D eigenvalue weighted by Crippen LogP contribution is -2.34. The average Bonchev–Trinajstić information content (AvgIpc) is 3.00. The average molecular weight is 377 g/mol. The summed E-state index contributed by atoms with van der Waals surface area (Å²) >= 11 is 0. The van der Waals surface area contributed by atoms with Gasteiger partial charge in [0, 0.05) is 34.5 Å². The zero-order valence-corrected chi connectivity index (χ0v) is 15.9. The lowest BCUT2D eigenvalue weighted by Gasteiger charge is -2.25. The van der Waals surface area contributed by atoms with E-state index in [1.807, 2.05) is 35.8 Å². The summed E-state index contributed by atoms with van der Waals surface area (Å²) in [6.07, 6.45) is 3.54. The highest BCUT2D eigenvalue weighted by atomic mass is 16.6. The van der Waals surface area contributed by atoms with Crippen molar-refractivity contribution in [1.82, 2.24) is 9.47 Å². The van der Waals surface area contributed by atoms with Gasteiger partial charge in [0.25, 0.3) is 5.69 Å². The van der Waals surface area contributed by atoms with Crippen molar-refractivity contribution >= 4 is 22.4 Å². The SMILES string of the molecule is Cc1c(C(=O)CN2CCCCC2)c2ccccc2n1-c1ccc([N+](=O)[O-])cc1. The molecule has 0 atom stereocenters. The number of nitro benzene ring substituents is 1. The molecule has 0 aliphatic carbocycles. The molecule has 1 fully saturated rings. The van der Waals surface area contributed by atoms with Crippen molar-refractivity contribution in [3.63, 3.8) is 0 Å². The van der Waals surface area contributed by atoms with Crippen LogP contribution in [0.3, 0.4) is 0 Å². The first-order chi connectivity index (χ1) is 13.6. The Bertz CT molecular complexity index is 1030. The van der Waals surface area contributed by atoms with Crippen LogP contribution in [0.5, 0.6) is 0 Å². The van der Waals surface area contributed by atoms with Crippen molar-refractivity contribution in [3.8, 4) is 5.69 Å². The number of benzene rings is 2. The van der Waals surface area contributed by atoms with Crippen LogP contribution in [0.2, 0.25) is 0 Å². The molecule has 6 nitrogen and oxygen atoms in total. The molecule has 0 saturated carbocycles. The monoisotopic (exact) mass is 377 g/mol. The maximum Gasteiger partial charge on any atom is 0.269 e. The summed E-state index contributed by atoms with van der Waals surface area (Å²) in [6, 6.07) is 14.3. The molecule has 1 saturated heterocycles. The van der Waals surface area contributed by atoms with E-state index in [4.69, 9.17) is 0 Å². The van der Waals surface area contributed by atoms with Gasteiger partial charge in [-0.05, 0) is 51.1 Å².